The molecule has 5 heteroatoms. The van der Waals surface area contributed by atoms with E-state index in [2.05, 4.69) is 15.9 Å². The lowest BCUT2D eigenvalue weighted by molar-refractivity contribution is 0.0107. The number of hydrogen-bond acceptors (Lipinski definition) is 3. The third kappa shape index (κ3) is 1.92. The first-order chi connectivity index (χ1) is 7.58. The van der Waals surface area contributed by atoms with Crippen LogP contribution in [0, 0.1) is 5.92 Å². The van der Waals surface area contributed by atoms with E-state index >= 15 is 0 Å². The van der Waals surface area contributed by atoms with Crippen molar-refractivity contribution in [2.24, 2.45) is 5.92 Å². The maximum absolute atomic E-state index is 12.4. The van der Waals surface area contributed by atoms with Crippen LogP contribution in [0.5, 0.6) is 0 Å². The van der Waals surface area contributed by atoms with Gasteiger partial charge in [-0.1, -0.05) is 28.1 Å². The summed E-state index contributed by atoms with van der Waals surface area (Å²) >= 11 is 3.38. The van der Waals surface area contributed by atoms with E-state index in [1.807, 2.05) is 6.08 Å². The molecule has 1 aliphatic heterocycles. The number of sulfone groups is 1. The van der Waals surface area contributed by atoms with Crippen LogP contribution in [0.25, 0.3) is 0 Å². The van der Waals surface area contributed by atoms with Crippen molar-refractivity contribution in [1.29, 1.82) is 0 Å². The summed E-state index contributed by atoms with van der Waals surface area (Å²) in [4.78, 5) is 0.377. The Labute approximate surface area is 111 Å². The molecular weight excluding hydrogens is 304 g/mol. The molecule has 17 heavy (non-hydrogen) atoms. The molecule has 96 valence electrons. The molecule has 0 radical (unpaired) electrons. The Balaban J connectivity index is 2.60. The SMILES string of the molecule is CC1(C)C[C@@](C)(O)[C@@H]2C=C(Br)CC=C2S1(=O)=O. The standard InChI is InChI=1S/C12H17BrO3S/c1-11(2)7-12(3,14)9-6-8(13)4-5-10(9)17(11,15)16/h5-6,9,14H,4,7H2,1-3H3/t9-,12-/m1/s1. The Hall–Kier alpha value is -0.130. The van der Waals surface area contributed by atoms with E-state index < -0.39 is 26.1 Å². The first-order valence-electron chi connectivity index (χ1n) is 5.61. The van der Waals surface area contributed by atoms with Crippen molar-refractivity contribution in [2.45, 2.75) is 44.0 Å². The molecule has 0 aromatic rings. The zero-order chi connectivity index (χ0) is 13.1. The van der Waals surface area contributed by atoms with Gasteiger partial charge in [0, 0.05) is 5.92 Å². The Morgan fingerprint density at radius 3 is 2.59 bits per heavy atom. The molecule has 1 fully saturated rings. The first-order valence-corrected chi connectivity index (χ1v) is 7.89. The number of rotatable bonds is 0. The Morgan fingerprint density at radius 1 is 1.41 bits per heavy atom. The molecule has 0 unspecified atom stereocenters. The normalized spacial score (nSPS) is 39.0. The van der Waals surface area contributed by atoms with Crippen molar-refractivity contribution in [1.82, 2.24) is 0 Å². The zero-order valence-electron chi connectivity index (χ0n) is 10.2. The van der Waals surface area contributed by atoms with Crippen LogP contribution >= 0.6 is 15.9 Å². The molecule has 2 aliphatic rings. The van der Waals surface area contributed by atoms with Gasteiger partial charge in [0.1, 0.15) is 0 Å². The summed E-state index contributed by atoms with van der Waals surface area (Å²) in [5, 5.41) is 10.5. The molecular formula is C12H17BrO3S. The summed E-state index contributed by atoms with van der Waals surface area (Å²) in [5.41, 5.74) is -1.01. The minimum Gasteiger partial charge on any atom is -0.389 e. The monoisotopic (exact) mass is 320 g/mol. The second-order valence-electron chi connectivity index (χ2n) is 5.70. The van der Waals surface area contributed by atoms with Crippen LogP contribution in [0.4, 0.5) is 0 Å². The van der Waals surface area contributed by atoms with Gasteiger partial charge >= 0.3 is 0 Å². The van der Waals surface area contributed by atoms with E-state index in [1.54, 1.807) is 26.8 Å². The molecule has 1 saturated heterocycles. The lowest BCUT2D eigenvalue weighted by Gasteiger charge is -2.46. The summed E-state index contributed by atoms with van der Waals surface area (Å²) in [6.45, 7) is 5.08. The highest BCUT2D eigenvalue weighted by molar-refractivity contribution is 9.11. The number of fused-ring (bicyclic) bond motifs is 1. The van der Waals surface area contributed by atoms with Gasteiger partial charge in [0.05, 0.1) is 15.3 Å². The van der Waals surface area contributed by atoms with E-state index in [0.717, 1.165) is 4.48 Å². The Morgan fingerprint density at radius 2 is 2.00 bits per heavy atom. The molecule has 2 rings (SSSR count). The minimum absolute atomic E-state index is 0.251. The Bertz CT molecular complexity index is 512. The van der Waals surface area contributed by atoms with Gasteiger partial charge in [-0.05, 0) is 38.1 Å². The third-order valence-electron chi connectivity index (χ3n) is 3.64. The zero-order valence-corrected chi connectivity index (χ0v) is 12.6. The van der Waals surface area contributed by atoms with Gasteiger partial charge in [-0.25, -0.2) is 8.42 Å². The topological polar surface area (TPSA) is 54.4 Å². The van der Waals surface area contributed by atoms with E-state index in [-0.39, 0.29) is 6.42 Å². The lowest BCUT2D eigenvalue weighted by Crippen LogP contribution is -2.53. The molecule has 2 atom stereocenters. The minimum atomic E-state index is -3.32. The largest absolute Gasteiger partial charge is 0.389 e. The number of halogens is 1. The fraction of sp³-hybridized carbons (Fsp3) is 0.667. The van der Waals surface area contributed by atoms with Crippen molar-refractivity contribution in [3.05, 3.63) is 21.5 Å². The van der Waals surface area contributed by atoms with Crippen molar-refractivity contribution in [3.63, 3.8) is 0 Å². The van der Waals surface area contributed by atoms with Crippen LogP contribution in [-0.2, 0) is 9.84 Å². The van der Waals surface area contributed by atoms with Gasteiger partial charge in [0.15, 0.2) is 9.84 Å². The van der Waals surface area contributed by atoms with Crippen molar-refractivity contribution >= 4 is 25.8 Å². The summed E-state index contributed by atoms with van der Waals surface area (Å²) in [7, 11) is -3.32. The molecule has 3 nitrogen and oxygen atoms in total. The fourth-order valence-corrected chi connectivity index (χ4v) is 5.31. The highest BCUT2D eigenvalue weighted by atomic mass is 79.9. The molecule has 0 amide bonds. The molecule has 1 aliphatic carbocycles. The molecule has 0 bridgehead atoms. The first kappa shape index (κ1) is 13.3. The van der Waals surface area contributed by atoms with Crippen LogP contribution in [0.1, 0.15) is 33.6 Å². The average molecular weight is 321 g/mol. The number of hydrogen-bond donors (Lipinski definition) is 1. The van der Waals surface area contributed by atoms with E-state index in [9.17, 15) is 13.5 Å². The quantitative estimate of drug-likeness (QED) is 0.746. The maximum Gasteiger partial charge on any atom is 0.180 e. The van der Waals surface area contributed by atoms with Gasteiger partial charge in [-0.2, -0.15) is 0 Å². The van der Waals surface area contributed by atoms with E-state index in [1.165, 1.54) is 0 Å². The average Bonchev–Trinajstić information content (AvgIpc) is 2.13. The summed E-state index contributed by atoms with van der Waals surface area (Å²) in [6.07, 6.45) is 4.37. The second-order valence-corrected chi connectivity index (χ2v) is 9.30. The van der Waals surface area contributed by atoms with E-state index in [0.29, 0.717) is 11.3 Å². The van der Waals surface area contributed by atoms with Gasteiger partial charge in [0.25, 0.3) is 0 Å². The Kier molecular flexibility index (Phi) is 2.88. The van der Waals surface area contributed by atoms with Crippen LogP contribution in [0.2, 0.25) is 0 Å². The van der Waals surface area contributed by atoms with Crippen LogP contribution in [0.15, 0.2) is 21.5 Å². The fourth-order valence-electron chi connectivity index (χ4n) is 2.80. The van der Waals surface area contributed by atoms with Crippen molar-refractivity contribution in [2.75, 3.05) is 0 Å². The highest BCUT2D eigenvalue weighted by Gasteiger charge is 2.54. The number of allylic oxidation sites excluding steroid dienone is 2. The molecule has 1 heterocycles. The molecule has 0 saturated carbocycles. The lowest BCUT2D eigenvalue weighted by atomic mass is 9.79. The molecule has 1 N–H and O–H groups in total. The van der Waals surface area contributed by atoms with Crippen LogP contribution in [0.3, 0.4) is 0 Å². The summed E-state index contributed by atoms with van der Waals surface area (Å²) in [5.74, 6) is -0.427. The molecule has 0 aromatic heterocycles. The van der Waals surface area contributed by atoms with Crippen molar-refractivity contribution < 1.29 is 13.5 Å². The molecule has 0 aromatic carbocycles. The van der Waals surface area contributed by atoms with Crippen LogP contribution in [-0.4, -0.2) is 23.9 Å². The summed E-state index contributed by atoms with van der Waals surface area (Å²) in [6, 6.07) is 0. The van der Waals surface area contributed by atoms with Crippen LogP contribution < -0.4 is 0 Å². The second kappa shape index (κ2) is 3.68. The van der Waals surface area contributed by atoms with Gasteiger partial charge in [-0.3, -0.25) is 0 Å². The third-order valence-corrected chi connectivity index (χ3v) is 6.87. The highest BCUT2D eigenvalue weighted by Crippen LogP contribution is 2.49. The predicted molar refractivity (Wildman–Crippen MR) is 71.4 cm³/mol. The predicted octanol–water partition coefficient (Wildman–Crippen LogP) is 2.52. The van der Waals surface area contributed by atoms with Gasteiger partial charge in [0.2, 0.25) is 0 Å². The van der Waals surface area contributed by atoms with Gasteiger partial charge in [-0.15, -0.1) is 0 Å². The maximum atomic E-state index is 12.4. The van der Waals surface area contributed by atoms with Crippen molar-refractivity contribution in [3.8, 4) is 0 Å². The smallest absolute Gasteiger partial charge is 0.180 e. The van der Waals surface area contributed by atoms with Gasteiger partial charge < -0.3 is 5.11 Å². The number of aliphatic hydroxyl groups is 1. The van der Waals surface area contributed by atoms with E-state index in [4.69, 9.17) is 0 Å². The molecule has 0 spiro atoms. The summed E-state index contributed by atoms with van der Waals surface area (Å²) < 4.78 is 24.9.